The zero-order valence-electron chi connectivity index (χ0n) is 16.4. The Kier molecular flexibility index (Phi) is 7.63. The zero-order valence-corrected chi connectivity index (χ0v) is 16.4. The third-order valence-corrected chi connectivity index (χ3v) is 3.95. The fourth-order valence-corrected chi connectivity index (χ4v) is 2.50. The molecule has 0 spiro atoms. The molecular weight excluding hydrogens is 360 g/mol. The first kappa shape index (κ1) is 21.0. The van der Waals surface area contributed by atoms with Gasteiger partial charge in [-0.15, -0.1) is 0 Å². The van der Waals surface area contributed by atoms with Crippen molar-refractivity contribution in [2.24, 2.45) is 0 Å². The molecule has 0 fully saturated rings. The highest BCUT2D eigenvalue weighted by atomic mass is 16.5. The molecular formula is C22H24O6. The normalized spacial score (nSPS) is 11.7. The van der Waals surface area contributed by atoms with Gasteiger partial charge in [-0.1, -0.05) is 0 Å². The van der Waals surface area contributed by atoms with Crippen molar-refractivity contribution in [1.29, 1.82) is 0 Å². The van der Waals surface area contributed by atoms with E-state index in [0.29, 0.717) is 35.0 Å². The summed E-state index contributed by atoms with van der Waals surface area (Å²) in [6.07, 6.45) is 1.91. The van der Waals surface area contributed by atoms with Gasteiger partial charge in [0.05, 0.1) is 20.8 Å². The Hall–Kier alpha value is -3.28. The molecule has 6 heteroatoms. The minimum absolute atomic E-state index is 0.285. The molecule has 28 heavy (non-hydrogen) atoms. The molecule has 0 aromatic heterocycles. The summed E-state index contributed by atoms with van der Waals surface area (Å²) in [6, 6.07) is 11.9. The van der Waals surface area contributed by atoms with Gasteiger partial charge in [0.1, 0.15) is 17.2 Å². The van der Waals surface area contributed by atoms with E-state index in [2.05, 4.69) is 0 Å². The van der Waals surface area contributed by atoms with Crippen LogP contribution in [0.15, 0.2) is 48.5 Å². The number of ether oxygens (including phenoxy) is 4. The number of rotatable bonds is 9. The number of ketones is 1. The zero-order chi connectivity index (χ0) is 20.5. The van der Waals surface area contributed by atoms with Crippen molar-refractivity contribution in [2.45, 2.75) is 20.0 Å². The summed E-state index contributed by atoms with van der Waals surface area (Å²) in [5.74, 6) is 0.976. The Balaban J connectivity index is 2.00. The van der Waals surface area contributed by atoms with E-state index in [9.17, 15) is 9.59 Å². The van der Waals surface area contributed by atoms with E-state index in [0.717, 1.165) is 0 Å². The predicted molar refractivity (Wildman–Crippen MR) is 106 cm³/mol. The number of hydrogen-bond acceptors (Lipinski definition) is 6. The molecule has 0 heterocycles. The van der Waals surface area contributed by atoms with Crippen LogP contribution in [0.5, 0.6) is 17.2 Å². The van der Waals surface area contributed by atoms with Crippen LogP contribution in [0.2, 0.25) is 0 Å². The van der Waals surface area contributed by atoms with Gasteiger partial charge in [0.2, 0.25) is 5.78 Å². The first-order valence-corrected chi connectivity index (χ1v) is 8.86. The number of methoxy groups -OCH3 is 2. The molecule has 2 rings (SSSR count). The Bertz CT molecular complexity index is 839. The lowest BCUT2D eigenvalue weighted by Crippen LogP contribution is -2.23. The van der Waals surface area contributed by atoms with E-state index < -0.39 is 12.1 Å². The van der Waals surface area contributed by atoms with Crippen molar-refractivity contribution < 1.29 is 28.5 Å². The minimum atomic E-state index is -0.909. The Morgan fingerprint density at radius 3 is 2.29 bits per heavy atom. The molecule has 0 aliphatic carbocycles. The smallest absolute Gasteiger partial charge is 0.331 e. The summed E-state index contributed by atoms with van der Waals surface area (Å²) in [4.78, 5) is 24.5. The van der Waals surface area contributed by atoms with Crippen LogP contribution in [0.3, 0.4) is 0 Å². The third-order valence-electron chi connectivity index (χ3n) is 3.95. The van der Waals surface area contributed by atoms with E-state index in [1.807, 2.05) is 6.92 Å². The van der Waals surface area contributed by atoms with E-state index >= 15 is 0 Å². The highest BCUT2D eigenvalue weighted by Gasteiger charge is 2.18. The van der Waals surface area contributed by atoms with Gasteiger partial charge in [0.15, 0.2) is 6.10 Å². The molecule has 148 valence electrons. The number of carbonyl (C=O) groups is 2. The molecule has 0 bridgehead atoms. The molecule has 0 amide bonds. The van der Waals surface area contributed by atoms with Crippen molar-refractivity contribution >= 4 is 17.8 Å². The van der Waals surface area contributed by atoms with Gasteiger partial charge in [-0.2, -0.15) is 0 Å². The number of carbonyl (C=O) groups excluding carboxylic acids is 2. The molecule has 0 aliphatic heterocycles. The van der Waals surface area contributed by atoms with Gasteiger partial charge in [-0.25, -0.2) is 4.79 Å². The van der Waals surface area contributed by atoms with Gasteiger partial charge in [0, 0.05) is 23.3 Å². The standard InChI is InChI=1S/C22H24O6/c1-5-27-18-10-7-17(8-11-18)22(24)15(2)28-21(23)13-9-16-6-12-19(25-3)14-20(16)26-4/h6-15H,5H2,1-4H3/b13-9+/t15-/m0/s1. The van der Waals surface area contributed by atoms with Crippen molar-refractivity contribution in [3.05, 3.63) is 59.7 Å². The van der Waals surface area contributed by atoms with Crippen LogP contribution in [0.1, 0.15) is 29.8 Å². The lowest BCUT2D eigenvalue weighted by Gasteiger charge is -2.11. The number of benzene rings is 2. The van der Waals surface area contributed by atoms with Gasteiger partial charge < -0.3 is 18.9 Å². The van der Waals surface area contributed by atoms with Gasteiger partial charge in [-0.3, -0.25) is 4.79 Å². The molecule has 0 saturated heterocycles. The van der Waals surface area contributed by atoms with Crippen LogP contribution < -0.4 is 14.2 Å². The lowest BCUT2D eigenvalue weighted by atomic mass is 10.1. The SMILES string of the molecule is CCOc1ccc(C(=O)[C@H](C)OC(=O)/C=C/c2ccc(OC)cc2OC)cc1. The summed E-state index contributed by atoms with van der Waals surface area (Å²) in [6.45, 7) is 3.97. The van der Waals surface area contributed by atoms with Gasteiger partial charge in [0.25, 0.3) is 0 Å². The van der Waals surface area contributed by atoms with E-state index in [4.69, 9.17) is 18.9 Å². The molecule has 0 unspecified atom stereocenters. The summed E-state index contributed by atoms with van der Waals surface area (Å²) in [5, 5.41) is 0. The van der Waals surface area contributed by atoms with Crippen LogP contribution in [-0.2, 0) is 9.53 Å². The number of Topliss-reactive ketones (excluding diaryl/α,β-unsaturated/α-hetero) is 1. The number of hydrogen-bond donors (Lipinski definition) is 0. The second-order valence-corrected chi connectivity index (χ2v) is 5.84. The van der Waals surface area contributed by atoms with Crippen molar-refractivity contribution in [3.8, 4) is 17.2 Å². The largest absolute Gasteiger partial charge is 0.497 e. The van der Waals surface area contributed by atoms with E-state index in [-0.39, 0.29) is 5.78 Å². The summed E-state index contributed by atoms with van der Waals surface area (Å²) < 4.78 is 21.0. The molecule has 0 N–H and O–H groups in total. The molecule has 0 aliphatic rings. The minimum Gasteiger partial charge on any atom is -0.497 e. The predicted octanol–water partition coefficient (Wildman–Crippen LogP) is 3.93. The first-order valence-electron chi connectivity index (χ1n) is 8.86. The molecule has 0 saturated carbocycles. The molecule has 0 radical (unpaired) electrons. The van der Waals surface area contributed by atoms with Crippen LogP contribution in [0.4, 0.5) is 0 Å². The van der Waals surface area contributed by atoms with Crippen molar-refractivity contribution in [2.75, 3.05) is 20.8 Å². The van der Waals surface area contributed by atoms with Crippen LogP contribution >= 0.6 is 0 Å². The molecule has 6 nitrogen and oxygen atoms in total. The summed E-state index contributed by atoms with van der Waals surface area (Å²) in [5.41, 5.74) is 1.13. The monoisotopic (exact) mass is 384 g/mol. The van der Waals surface area contributed by atoms with E-state index in [1.54, 1.807) is 62.6 Å². The quantitative estimate of drug-likeness (QED) is 0.371. The second kappa shape index (κ2) is 10.2. The Labute approximate surface area is 164 Å². The third kappa shape index (κ3) is 5.61. The summed E-state index contributed by atoms with van der Waals surface area (Å²) in [7, 11) is 3.09. The first-order chi connectivity index (χ1) is 13.5. The summed E-state index contributed by atoms with van der Waals surface area (Å²) >= 11 is 0. The van der Waals surface area contributed by atoms with Crippen LogP contribution in [-0.4, -0.2) is 38.7 Å². The van der Waals surface area contributed by atoms with Gasteiger partial charge in [-0.05, 0) is 56.3 Å². The maximum atomic E-state index is 12.4. The fourth-order valence-electron chi connectivity index (χ4n) is 2.50. The Morgan fingerprint density at radius 2 is 1.68 bits per heavy atom. The topological polar surface area (TPSA) is 71.1 Å². The molecule has 2 aromatic rings. The van der Waals surface area contributed by atoms with Crippen molar-refractivity contribution in [3.63, 3.8) is 0 Å². The maximum absolute atomic E-state index is 12.4. The lowest BCUT2D eigenvalue weighted by molar-refractivity contribution is -0.140. The average Bonchev–Trinajstić information content (AvgIpc) is 2.72. The highest BCUT2D eigenvalue weighted by molar-refractivity contribution is 6.01. The van der Waals surface area contributed by atoms with Gasteiger partial charge >= 0.3 is 5.97 Å². The highest BCUT2D eigenvalue weighted by Crippen LogP contribution is 2.25. The fraction of sp³-hybridized carbons (Fsp3) is 0.273. The second-order valence-electron chi connectivity index (χ2n) is 5.84. The van der Waals surface area contributed by atoms with Crippen LogP contribution in [0, 0.1) is 0 Å². The number of esters is 1. The average molecular weight is 384 g/mol. The maximum Gasteiger partial charge on any atom is 0.331 e. The van der Waals surface area contributed by atoms with Crippen molar-refractivity contribution in [1.82, 2.24) is 0 Å². The Morgan fingerprint density at radius 1 is 1.00 bits per heavy atom. The van der Waals surface area contributed by atoms with E-state index in [1.165, 1.54) is 13.2 Å². The molecule has 2 aromatic carbocycles. The van der Waals surface area contributed by atoms with Crippen LogP contribution in [0.25, 0.3) is 6.08 Å². The molecule has 1 atom stereocenters.